The van der Waals surface area contributed by atoms with E-state index in [1.807, 2.05) is 0 Å². The molecule has 0 aliphatic carbocycles. The first-order chi connectivity index (χ1) is 5.18. The van der Waals surface area contributed by atoms with Crippen LogP contribution in [0.3, 0.4) is 0 Å². The second kappa shape index (κ2) is 6.12. The SMILES string of the molecule is COCCCCC(N)C(N)=O. The molecule has 4 nitrogen and oxygen atoms in total. The minimum absolute atomic E-state index is 0.428. The number of primary amides is 1. The van der Waals surface area contributed by atoms with E-state index in [0.717, 1.165) is 12.8 Å². The Morgan fingerprint density at radius 2 is 2.18 bits per heavy atom. The molecular formula is C7H16N2O2. The van der Waals surface area contributed by atoms with Gasteiger partial charge in [-0.2, -0.15) is 0 Å². The highest BCUT2D eigenvalue weighted by Crippen LogP contribution is 1.98. The van der Waals surface area contributed by atoms with Crippen molar-refractivity contribution in [3.8, 4) is 0 Å². The number of nitrogens with two attached hydrogens (primary N) is 2. The first kappa shape index (κ1) is 10.4. The van der Waals surface area contributed by atoms with E-state index in [-0.39, 0.29) is 0 Å². The zero-order chi connectivity index (χ0) is 8.69. The summed E-state index contributed by atoms with van der Waals surface area (Å²) in [4.78, 5) is 10.4. The summed E-state index contributed by atoms with van der Waals surface area (Å²) in [7, 11) is 1.65. The van der Waals surface area contributed by atoms with Crippen LogP contribution in [-0.2, 0) is 9.53 Å². The fourth-order valence-corrected chi connectivity index (χ4v) is 0.753. The third-order valence-corrected chi connectivity index (χ3v) is 1.48. The topological polar surface area (TPSA) is 78.3 Å². The first-order valence-corrected chi connectivity index (χ1v) is 3.72. The highest BCUT2D eigenvalue weighted by molar-refractivity contribution is 5.79. The van der Waals surface area contributed by atoms with E-state index >= 15 is 0 Å². The number of unbranched alkanes of at least 4 members (excludes halogenated alkanes) is 1. The maximum Gasteiger partial charge on any atom is 0.234 e. The Hall–Kier alpha value is -0.610. The maximum absolute atomic E-state index is 10.4. The molecule has 0 aliphatic heterocycles. The normalized spacial score (nSPS) is 12.9. The van der Waals surface area contributed by atoms with E-state index in [1.165, 1.54) is 0 Å². The van der Waals surface area contributed by atoms with Crippen molar-refractivity contribution < 1.29 is 9.53 Å². The van der Waals surface area contributed by atoms with Crippen LogP contribution in [0.4, 0.5) is 0 Å². The van der Waals surface area contributed by atoms with Crippen LogP contribution in [0.25, 0.3) is 0 Å². The van der Waals surface area contributed by atoms with Gasteiger partial charge < -0.3 is 16.2 Å². The molecule has 0 aromatic heterocycles. The van der Waals surface area contributed by atoms with Crippen LogP contribution >= 0.6 is 0 Å². The molecule has 0 aliphatic rings. The average Bonchev–Trinajstić information content (AvgIpc) is 1.97. The third kappa shape index (κ3) is 5.82. The molecule has 66 valence electrons. The largest absolute Gasteiger partial charge is 0.385 e. The highest BCUT2D eigenvalue weighted by Gasteiger charge is 2.07. The Bertz CT molecular complexity index is 117. The number of ether oxygens (including phenoxy) is 1. The lowest BCUT2D eigenvalue weighted by Crippen LogP contribution is -2.36. The van der Waals surface area contributed by atoms with Gasteiger partial charge in [-0.3, -0.25) is 4.79 Å². The smallest absolute Gasteiger partial charge is 0.234 e. The molecule has 1 amide bonds. The van der Waals surface area contributed by atoms with Gasteiger partial charge in [0.15, 0.2) is 0 Å². The van der Waals surface area contributed by atoms with Gasteiger partial charge in [0.25, 0.3) is 0 Å². The van der Waals surface area contributed by atoms with Crippen molar-refractivity contribution in [1.82, 2.24) is 0 Å². The maximum atomic E-state index is 10.4. The van der Waals surface area contributed by atoms with E-state index in [9.17, 15) is 4.79 Å². The lowest BCUT2D eigenvalue weighted by atomic mass is 10.1. The molecule has 0 aromatic carbocycles. The van der Waals surface area contributed by atoms with E-state index in [4.69, 9.17) is 16.2 Å². The van der Waals surface area contributed by atoms with Crippen molar-refractivity contribution in [2.75, 3.05) is 13.7 Å². The molecule has 0 saturated carbocycles. The van der Waals surface area contributed by atoms with E-state index in [0.29, 0.717) is 13.0 Å². The standard InChI is InChI=1S/C7H16N2O2/c1-11-5-3-2-4-6(8)7(9)10/h6H,2-5,8H2,1H3,(H2,9,10). The second-order valence-corrected chi connectivity index (χ2v) is 2.50. The zero-order valence-corrected chi connectivity index (χ0v) is 6.88. The van der Waals surface area contributed by atoms with E-state index in [1.54, 1.807) is 7.11 Å². The number of hydrogen-bond donors (Lipinski definition) is 2. The van der Waals surface area contributed by atoms with Gasteiger partial charge in [0.1, 0.15) is 0 Å². The van der Waals surface area contributed by atoms with Crippen LogP contribution in [0.5, 0.6) is 0 Å². The van der Waals surface area contributed by atoms with Crippen LogP contribution in [0.1, 0.15) is 19.3 Å². The van der Waals surface area contributed by atoms with Gasteiger partial charge in [0.05, 0.1) is 6.04 Å². The molecule has 0 bridgehead atoms. The van der Waals surface area contributed by atoms with Crippen LogP contribution < -0.4 is 11.5 Å². The number of carbonyl (C=O) groups excluding carboxylic acids is 1. The summed E-state index contributed by atoms with van der Waals surface area (Å²) in [5, 5.41) is 0. The van der Waals surface area contributed by atoms with Crippen molar-refractivity contribution >= 4 is 5.91 Å². The molecule has 1 atom stereocenters. The summed E-state index contributed by atoms with van der Waals surface area (Å²) in [6.07, 6.45) is 2.47. The molecule has 0 spiro atoms. The number of hydrogen-bond acceptors (Lipinski definition) is 3. The van der Waals surface area contributed by atoms with Crippen molar-refractivity contribution in [3.05, 3.63) is 0 Å². The number of rotatable bonds is 6. The molecule has 0 heterocycles. The predicted molar refractivity (Wildman–Crippen MR) is 42.9 cm³/mol. The Morgan fingerprint density at radius 1 is 1.55 bits per heavy atom. The van der Waals surface area contributed by atoms with Crippen LogP contribution in [0.2, 0.25) is 0 Å². The number of carbonyl (C=O) groups is 1. The van der Waals surface area contributed by atoms with Gasteiger partial charge in [-0.1, -0.05) is 0 Å². The molecule has 0 saturated heterocycles. The fraction of sp³-hybridized carbons (Fsp3) is 0.857. The molecular weight excluding hydrogens is 144 g/mol. The minimum Gasteiger partial charge on any atom is -0.385 e. The lowest BCUT2D eigenvalue weighted by molar-refractivity contribution is -0.119. The summed E-state index contributed by atoms with van der Waals surface area (Å²) in [6.45, 7) is 0.714. The van der Waals surface area contributed by atoms with Crippen molar-refractivity contribution in [1.29, 1.82) is 0 Å². The van der Waals surface area contributed by atoms with Gasteiger partial charge >= 0.3 is 0 Å². The second-order valence-electron chi connectivity index (χ2n) is 2.50. The molecule has 0 radical (unpaired) electrons. The zero-order valence-electron chi connectivity index (χ0n) is 6.88. The lowest BCUT2D eigenvalue weighted by Gasteiger charge is -2.05. The van der Waals surface area contributed by atoms with E-state index < -0.39 is 11.9 Å². The first-order valence-electron chi connectivity index (χ1n) is 3.72. The fourth-order valence-electron chi connectivity index (χ4n) is 0.753. The summed E-state index contributed by atoms with van der Waals surface area (Å²) >= 11 is 0. The summed E-state index contributed by atoms with van der Waals surface area (Å²) in [5.74, 6) is -0.428. The monoisotopic (exact) mass is 160 g/mol. The molecule has 0 aromatic rings. The number of methoxy groups -OCH3 is 1. The third-order valence-electron chi connectivity index (χ3n) is 1.48. The Labute approximate surface area is 66.9 Å². The summed E-state index contributed by atoms with van der Waals surface area (Å²) < 4.78 is 4.83. The minimum atomic E-state index is -0.494. The van der Waals surface area contributed by atoms with Crippen LogP contribution in [0, 0.1) is 0 Å². The number of amides is 1. The predicted octanol–water partition coefficient (Wildman–Crippen LogP) is -0.384. The van der Waals surface area contributed by atoms with Gasteiger partial charge in [0.2, 0.25) is 5.91 Å². The van der Waals surface area contributed by atoms with Crippen LogP contribution in [0.15, 0.2) is 0 Å². The summed E-state index contributed by atoms with van der Waals surface area (Å²) in [6, 6.07) is -0.494. The van der Waals surface area contributed by atoms with Crippen molar-refractivity contribution in [2.24, 2.45) is 11.5 Å². The van der Waals surface area contributed by atoms with Crippen LogP contribution in [-0.4, -0.2) is 25.7 Å². The van der Waals surface area contributed by atoms with Gasteiger partial charge in [-0.15, -0.1) is 0 Å². The average molecular weight is 160 g/mol. The molecule has 11 heavy (non-hydrogen) atoms. The van der Waals surface area contributed by atoms with Crippen molar-refractivity contribution in [2.45, 2.75) is 25.3 Å². The van der Waals surface area contributed by atoms with Crippen molar-refractivity contribution in [3.63, 3.8) is 0 Å². The quantitative estimate of drug-likeness (QED) is 0.520. The highest BCUT2D eigenvalue weighted by atomic mass is 16.5. The Kier molecular flexibility index (Phi) is 5.78. The van der Waals surface area contributed by atoms with Gasteiger partial charge in [-0.05, 0) is 19.3 Å². The molecule has 0 rings (SSSR count). The summed E-state index contributed by atoms with van der Waals surface area (Å²) in [5.41, 5.74) is 10.3. The molecule has 1 unspecified atom stereocenters. The Morgan fingerprint density at radius 3 is 2.64 bits per heavy atom. The van der Waals surface area contributed by atoms with E-state index in [2.05, 4.69) is 0 Å². The molecule has 4 heteroatoms. The molecule has 4 N–H and O–H groups in total. The van der Waals surface area contributed by atoms with Gasteiger partial charge in [-0.25, -0.2) is 0 Å². The Balaban J connectivity index is 3.17. The van der Waals surface area contributed by atoms with Gasteiger partial charge in [0, 0.05) is 13.7 Å². The molecule has 0 fully saturated rings.